The minimum Gasteiger partial charge on any atom is -0.374 e. The van der Waals surface area contributed by atoms with E-state index in [1.165, 1.54) is 12.1 Å². The molecule has 0 saturated heterocycles. The van der Waals surface area contributed by atoms with Gasteiger partial charge in [0.2, 0.25) is 0 Å². The molecule has 0 radical (unpaired) electrons. The van der Waals surface area contributed by atoms with Crippen molar-refractivity contribution in [3.63, 3.8) is 0 Å². The van der Waals surface area contributed by atoms with E-state index in [0.29, 0.717) is 0 Å². The number of hydrogen-bond acceptors (Lipinski definition) is 4. The maximum absolute atomic E-state index is 4.20. The van der Waals surface area contributed by atoms with Crippen molar-refractivity contribution in [2.75, 3.05) is 51.5 Å². The molecule has 0 aromatic carbocycles. The minimum absolute atomic E-state index is 0.914. The molecule has 0 bridgehead atoms. The Hall–Kier alpha value is -1.29. The summed E-state index contributed by atoms with van der Waals surface area (Å²) < 4.78 is 0. The van der Waals surface area contributed by atoms with E-state index < -0.39 is 0 Å². The number of nitrogens with one attached hydrogen (secondary N) is 1. The fourth-order valence-corrected chi connectivity index (χ4v) is 1.55. The van der Waals surface area contributed by atoms with E-state index in [0.717, 1.165) is 18.9 Å². The van der Waals surface area contributed by atoms with Crippen molar-refractivity contribution in [2.24, 2.45) is 0 Å². The second-order valence-corrected chi connectivity index (χ2v) is 4.23. The molecule has 0 aliphatic heterocycles. The van der Waals surface area contributed by atoms with Crippen LogP contribution in [0.25, 0.3) is 0 Å². The van der Waals surface area contributed by atoms with Crippen molar-refractivity contribution < 1.29 is 0 Å². The fraction of sp³-hybridized carbons (Fsp3) is 0.583. The summed E-state index contributed by atoms with van der Waals surface area (Å²) >= 11 is 0. The maximum Gasteiger partial charge on any atom is 0.127 e. The molecule has 0 fully saturated rings. The summed E-state index contributed by atoms with van der Waals surface area (Å²) in [5.41, 5.74) is 1.21. The third-order valence-electron chi connectivity index (χ3n) is 2.54. The summed E-state index contributed by atoms with van der Waals surface area (Å²) in [6.07, 6.45) is 3.00. The van der Waals surface area contributed by atoms with Crippen LogP contribution in [-0.2, 0) is 0 Å². The Morgan fingerprint density at radius 1 is 1.25 bits per heavy atom. The van der Waals surface area contributed by atoms with Gasteiger partial charge in [-0.1, -0.05) is 0 Å². The number of rotatable bonds is 6. The molecule has 1 N–H and O–H groups in total. The van der Waals surface area contributed by atoms with E-state index >= 15 is 0 Å². The third kappa shape index (κ3) is 4.06. The second kappa shape index (κ2) is 6.33. The largest absolute Gasteiger partial charge is 0.374 e. The smallest absolute Gasteiger partial charge is 0.127 e. The summed E-state index contributed by atoms with van der Waals surface area (Å²) in [5.74, 6) is 0.914. The molecule has 0 saturated carbocycles. The van der Waals surface area contributed by atoms with E-state index in [2.05, 4.69) is 47.3 Å². The quantitative estimate of drug-likeness (QED) is 0.790. The van der Waals surface area contributed by atoms with Crippen LogP contribution in [0, 0.1) is 0 Å². The number of hydrogen-bond donors (Lipinski definition) is 1. The van der Waals surface area contributed by atoms with Crippen molar-refractivity contribution >= 4 is 11.5 Å². The van der Waals surface area contributed by atoms with Gasteiger partial charge in [-0.15, -0.1) is 0 Å². The Morgan fingerprint density at radius 2 is 2.00 bits per heavy atom. The van der Waals surface area contributed by atoms with Crippen LogP contribution in [0.5, 0.6) is 0 Å². The van der Waals surface area contributed by atoms with Gasteiger partial charge in [0.1, 0.15) is 5.82 Å². The first-order valence-electron chi connectivity index (χ1n) is 5.63. The van der Waals surface area contributed by atoms with Crippen LogP contribution >= 0.6 is 0 Å². The van der Waals surface area contributed by atoms with E-state index in [1.807, 2.05) is 19.3 Å². The molecule has 1 aromatic heterocycles. The average Bonchev–Trinajstić information content (AvgIpc) is 2.28. The SMILES string of the molecule is CNc1cc(N(C)CCCN(C)C)ccn1. The molecule has 4 nitrogen and oxygen atoms in total. The lowest BCUT2D eigenvalue weighted by Gasteiger charge is -2.20. The van der Waals surface area contributed by atoms with Gasteiger partial charge >= 0.3 is 0 Å². The Bertz CT molecular complexity index is 312. The van der Waals surface area contributed by atoms with E-state index in [9.17, 15) is 0 Å². The van der Waals surface area contributed by atoms with E-state index in [1.54, 1.807) is 0 Å². The Morgan fingerprint density at radius 3 is 2.62 bits per heavy atom. The zero-order valence-electron chi connectivity index (χ0n) is 10.7. The monoisotopic (exact) mass is 222 g/mol. The molecular weight excluding hydrogens is 200 g/mol. The Kier molecular flexibility index (Phi) is 5.05. The summed E-state index contributed by atoms with van der Waals surface area (Å²) in [6, 6.07) is 4.10. The molecule has 0 amide bonds. The molecule has 0 aliphatic carbocycles. The maximum atomic E-state index is 4.20. The first-order valence-corrected chi connectivity index (χ1v) is 5.63. The van der Waals surface area contributed by atoms with Crippen LogP contribution in [0.4, 0.5) is 11.5 Å². The zero-order valence-corrected chi connectivity index (χ0v) is 10.7. The molecule has 4 heteroatoms. The van der Waals surface area contributed by atoms with Gasteiger partial charge in [0.15, 0.2) is 0 Å². The predicted octanol–water partition coefficient (Wildman–Crippen LogP) is 1.51. The van der Waals surface area contributed by atoms with Crippen LogP contribution in [0.15, 0.2) is 18.3 Å². The number of nitrogens with zero attached hydrogens (tertiary/aromatic N) is 3. The first kappa shape index (κ1) is 12.8. The number of pyridine rings is 1. The van der Waals surface area contributed by atoms with Gasteiger partial charge in [-0.2, -0.15) is 0 Å². The zero-order chi connectivity index (χ0) is 12.0. The van der Waals surface area contributed by atoms with E-state index in [4.69, 9.17) is 0 Å². The Balaban J connectivity index is 2.48. The fourth-order valence-electron chi connectivity index (χ4n) is 1.55. The first-order chi connectivity index (χ1) is 7.63. The third-order valence-corrected chi connectivity index (χ3v) is 2.54. The molecule has 0 unspecified atom stereocenters. The Labute approximate surface area is 98.3 Å². The van der Waals surface area contributed by atoms with Crippen molar-refractivity contribution in [3.05, 3.63) is 18.3 Å². The molecule has 1 aromatic rings. The lowest BCUT2D eigenvalue weighted by atomic mass is 10.3. The van der Waals surface area contributed by atoms with Crippen LogP contribution in [0.1, 0.15) is 6.42 Å². The van der Waals surface area contributed by atoms with Crippen molar-refractivity contribution in [2.45, 2.75) is 6.42 Å². The second-order valence-electron chi connectivity index (χ2n) is 4.23. The highest BCUT2D eigenvalue weighted by atomic mass is 15.1. The molecular formula is C12H22N4. The molecule has 0 atom stereocenters. The van der Waals surface area contributed by atoms with Crippen LogP contribution in [0.3, 0.4) is 0 Å². The summed E-state index contributed by atoms with van der Waals surface area (Å²) in [4.78, 5) is 8.67. The standard InChI is InChI=1S/C12H22N4/c1-13-12-10-11(6-7-14-12)16(4)9-5-8-15(2)3/h6-7,10H,5,8-9H2,1-4H3,(H,13,14). The van der Waals surface area contributed by atoms with Crippen molar-refractivity contribution in [1.82, 2.24) is 9.88 Å². The van der Waals surface area contributed by atoms with Gasteiger partial charge in [-0.3, -0.25) is 0 Å². The molecule has 0 aliphatic rings. The predicted molar refractivity (Wildman–Crippen MR) is 70.2 cm³/mol. The molecule has 16 heavy (non-hydrogen) atoms. The van der Waals surface area contributed by atoms with Gasteiger partial charge in [-0.05, 0) is 33.1 Å². The lowest BCUT2D eigenvalue weighted by molar-refractivity contribution is 0.401. The van der Waals surface area contributed by atoms with Crippen molar-refractivity contribution in [1.29, 1.82) is 0 Å². The highest BCUT2D eigenvalue weighted by molar-refractivity contribution is 5.52. The number of aromatic nitrogens is 1. The van der Waals surface area contributed by atoms with Gasteiger partial charge in [0.25, 0.3) is 0 Å². The normalized spacial score (nSPS) is 10.6. The van der Waals surface area contributed by atoms with E-state index in [-0.39, 0.29) is 0 Å². The average molecular weight is 222 g/mol. The molecule has 1 heterocycles. The highest BCUT2D eigenvalue weighted by Gasteiger charge is 2.02. The summed E-state index contributed by atoms with van der Waals surface area (Å²) in [7, 11) is 8.21. The van der Waals surface area contributed by atoms with Gasteiger partial charge in [0, 0.05) is 38.6 Å². The lowest BCUT2D eigenvalue weighted by Crippen LogP contribution is -2.23. The molecule has 90 valence electrons. The minimum atomic E-state index is 0.914. The topological polar surface area (TPSA) is 31.4 Å². The number of anilines is 2. The summed E-state index contributed by atoms with van der Waals surface area (Å²) in [6.45, 7) is 2.18. The van der Waals surface area contributed by atoms with Gasteiger partial charge < -0.3 is 15.1 Å². The highest BCUT2D eigenvalue weighted by Crippen LogP contribution is 2.15. The van der Waals surface area contributed by atoms with Crippen molar-refractivity contribution in [3.8, 4) is 0 Å². The molecule has 1 rings (SSSR count). The summed E-state index contributed by atoms with van der Waals surface area (Å²) in [5, 5.41) is 3.05. The van der Waals surface area contributed by atoms with Gasteiger partial charge in [0.05, 0.1) is 0 Å². The van der Waals surface area contributed by atoms with Gasteiger partial charge in [-0.25, -0.2) is 4.98 Å². The molecule has 0 spiro atoms. The van der Waals surface area contributed by atoms with Crippen LogP contribution < -0.4 is 10.2 Å². The van der Waals surface area contributed by atoms with Crippen LogP contribution in [-0.4, -0.2) is 51.2 Å². The van der Waals surface area contributed by atoms with Crippen LogP contribution in [0.2, 0.25) is 0 Å².